The van der Waals surface area contributed by atoms with E-state index in [-0.39, 0.29) is 5.69 Å². The number of rotatable bonds is 4. The highest BCUT2D eigenvalue weighted by Crippen LogP contribution is 2.24. The number of para-hydroxylation sites is 2. The van der Waals surface area contributed by atoms with Gasteiger partial charge in [0, 0.05) is 10.7 Å². The van der Waals surface area contributed by atoms with E-state index in [0.717, 1.165) is 9.37 Å². The number of carbonyl (C=O) groups is 2. The highest BCUT2D eigenvalue weighted by molar-refractivity contribution is 9.10. The number of carboxylic acid groups (broad SMARTS) is 1. The van der Waals surface area contributed by atoms with Crippen LogP contribution in [0.1, 0.15) is 10.5 Å². The summed E-state index contributed by atoms with van der Waals surface area (Å²) in [6.45, 7) is -0.495. The van der Waals surface area contributed by atoms with Gasteiger partial charge in [-0.3, -0.25) is 14.5 Å². The number of hydrogen-bond acceptors (Lipinski definition) is 4. The van der Waals surface area contributed by atoms with Gasteiger partial charge in [-0.2, -0.15) is 0 Å². The summed E-state index contributed by atoms with van der Waals surface area (Å²) in [5.74, 6) is -1.66. The summed E-state index contributed by atoms with van der Waals surface area (Å²) >= 11 is 3.23. The predicted octanol–water partition coefficient (Wildman–Crippen LogP) is 2.16. The van der Waals surface area contributed by atoms with Gasteiger partial charge in [0.1, 0.15) is 12.2 Å². The topological polar surface area (TPSA) is 96.5 Å². The third-order valence-electron chi connectivity index (χ3n) is 2.71. The Morgan fingerprint density at radius 3 is 2.52 bits per heavy atom. The molecule has 0 radical (unpaired) electrons. The molecule has 0 spiro atoms. The minimum Gasteiger partial charge on any atom is -0.480 e. The lowest BCUT2D eigenvalue weighted by molar-refractivity contribution is -0.135. The molecule has 1 aromatic heterocycles. The van der Waals surface area contributed by atoms with Gasteiger partial charge in [-0.1, -0.05) is 12.1 Å². The third kappa shape index (κ3) is 3.57. The van der Waals surface area contributed by atoms with E-state index in [9.17, 15) is 9.59 Å². The molecule has 21 heavy (non-hydrogen) atoms. The lowest BCUT2D eigenvalue weighted by atomic mass is 10.2. The van der Waals surface area contributed by atoms with Crippen LogP contribution in [0.15, 0.2) is 47.1 Å². The van der Waals surface area contributed by atoms with E-state index in [0.29, 0.717) is 11.4 Å². The van der Waals surface area contributed by atoms with Crippen LogP contribution in [0.2, 0.25) is 0 Å². The van der Waals surface area contributed by atoms with Crippen molar-refractivity contribution in [2.75, 3.05) is 17.2 Å². The Bertz CT molecular complexity index is 673. The van der Waals surface area contributed by atoms with Gasteiger partial charge in [0.05, 0.1) is 11.4 Å². The van der Waals surface area contributed by atoms with E-state index >= 15 is 0 Å². The molecule has 1 amide bonds. The van der Waals surface area contributed by atoms with Crippen molar-refractivity contribution in [2.45, 2.75) is 0 Å². The van der Waals surface area contributed by atoms with Gasteiger partial charge in [0.25, 0.3) is 5.91 Å². The maximum Gasteiger partial charge on any atom is 0.323 e. The van der Waals surface area contributed by atoms with Crippen molar-refractivity contribution in [3.05, 3.63) is 52.8 Å². The summed E-state index contributed by atoms with van der Waals surface area (Å²) in [5.41, 5.74) is 6.63. The van der Waals surface area contributed by atoms with Crippen LogP contribution in [0.4, 0.5) is 11.4 Å². The van der Waals surface area contributed by atoms with Gasteiger partial charge in [0.2, 0.25) is 0 Å². The number of nitrogen functional groups attached to an aromatic ring is 1. The van der Waals surface area contributed by atoms with E-state index in [1.807, 2.05) is 0 Å². The summed E-state index contributed by atoms with van der Waals surface area (Å²) < 4.78 is 0.725. The number of carboxylic acids is 1. The maximum absolute atomic E-state index is 12.5. The Balaban J connectivity index is 2.41. The molecule has 6 nitrogen and oxygen atoms in total. The summed E-state index contributed by atoms with van der Waals surface area (Å²) in [6, 6.07) is 9.76. The van der Waals surface area contributed by atoms with Crippen LogP contribution in [0.25, 0.3) is 0 Å². The number of nitrogens with zero attached hydrogens (tertiary/aromatic N) is 2. The van der Waals surface area contributed by atoms with Gasteiger partial charge in [-0.15, -0.1) is 0 Å². The summed E-state index contributed by atoms with van der Waals surface area (Å²) in [4.78, 5) is 28.6. The van der Waals surface area contributed by atoms with Crippen molar-refractivity contribution in [3.8, 4) is 0 Å². The van der Waals surface area contributed by atoms with Crippen molar-refractivity contribution in [1.82, 2.24) is 4.98 Å². The Labute approximate surface area is 129 Å². The maximum atomic E-state index is 12.5. The molecule has 1 aromatic carbocycles. The Morgan fingerprint density at radius 1 is 1.24 bits per heavy atom. The molecule has 0 unspecified atom stereocenters. The minimum atomic E-state index is -1.14. The van der Waals surface area contributed by atoms with E-state index in [1.165, 1.54) is 12.3 Å². The monoisotopic (exact) mass is 349 g/mol. The number of aliphatic carboxylic acids is 1. The molecule has 0 atom stereocenters. The standard InChI is InChI=1S/C14H12BrN3O3/c15-9-5-6-11(17-7-9)14(21)18(8-13(19)20)12-4-2-1-3-10(12)16/h1-7H,8,16H2,(H,19,20). The van der Waals surface area contributed by atoms with Gasteiger partial charge < -0.3 is 10.8 Å². The van der Waals surface area contributed by atoms with Gasteiger partial charge in [-0.25, -0.2) is 4.98 Å². The average Bonchev–Trinajstić information content (AvgIpc) is 2.45. The lowest BCUT2D eigenvalue weighted by Gasteiger charge is -2.22. The van der Waals surface area contributed by atoms with E-state index in [2.05, 4.69) is 20.9 Å². The molecule has 2 aromatic rings. The fourth-order valence-corrected chi connectivity index (χ4v) is 2.01. The first-order valence-corrected chi connectivity index (χ1v) is 6.78. The zero-order valence-electron chi connectivity index (χ0n) is 10.9. The number of amides is 1. The third-order valence-corrected chi connectivity index (χ3v) is 3.18. The molecule has 2 rings (SSSR count). The fourth-order valence-electron chi connectivity index (χ4n) is 1.78. The number of pyridine rings is 1. The first kappa shape index (κ1) is 15.0. The number of halogens is 1. The molecule has 0 aliphatic carbocycles. The Hall–Kier alpha value is -2.41. The van der Waals surface area contributed by atoms with Crippen molar-refractivity contribution in [2.24, 2.45) is 0 Å². The Morgan fingerprint density at radius 2 is 1.95 bits per heavy atom. The first-order valence-electron chi connectivity index (χ1n) is 5.99. The molecular formula is C14H12BrN3O3. The molecule has 0 aliphatic heterocycles. The van der Waals surface area contributed by atoms with Crippen LogP contribution < -0.4 is 10.6 Å². The second-order valence-electron chi connectivity index (χ2n) is 4.21. The second kappa shape index (κ2) is 6.36. The van der Waals surface area contributed by atoms with Crippen molar-refractivity contribution >= 4 is 39.2 Å². The highest BCUT2D eigenvalue weighted by atomic mass is 79.9. The lowest BCUT2D eigenvalue weighted by Crippen LogP contribution is -2.36. The Kier molecular flexibility index (Phi) is 4.54. The summed E-state index contributed by atoms with van der Waals surface area (Å²) in [5, 5.41) is 9.01. The summed E-state index contributed by atoms with van der Waals surface area (Å²) in [7, 11) is 0. The molecule has 108 valence electrons. The average molecular weight is 350 g/mol. The molecular weight excluding hydrogens is 338 g/mol. The fraction of sp³-hybridized carbons (Fsp3) is 0.0714. The number of nitrogens with two attached hydrogens (primary N) is 1. The van der Waals surface area contributed by atoms with Crippen LogP contribution in [0, 0.1) is 0 Å². The van der Waals surface area contributed by atoms with Crippen molar-refractivity contribution < 1.29 is 14.7 Å². The molecule has 0 saturated carbocycles. The number of aromatic nitrogens is 1. The predicted molar refractivity (Wildman–Crippen MR) is 82.1 cm³/mol. The quantitative estimate of drug-likeness (QED) is 0.824. The van der Waals surface area contributed by atoms with Crippen molar-refractivity contribution in [3.63, 3.8) is 0 Å². The zero-order valence-corrected chi connectivity index (χ0v) is 12.4. The minimum absolute atomic E-state index is 0.141. The van der Waals surface area contributed by atoms with Crippen LogP contribution in [0.3, 0.4) is 0 Å². The van der Waals surface area contributed by atoms with Crippen LogP contribution in [-0.4, -0.2) is 28.5 Å². The molecule has 3 N–H and O–H groups in total. The molecule has 0 saturated heterocycles. The number of anilines is 2. The van der Waals surface area contributed by atoms with Crippen LogP contribution in [-0.2, 0) is 4.79 Å². The molecule has 0 bridgehead atoms. The van der Waals surface area contributed by atoms with E-state index in [4.69, 9.17) is 10.8 Å². The molecule has 0 fully saturated rings. The second-order valence-corrected chi connectivity index (χ2v) is 5.12. The van der Waals surface area contributed by atoms with Crippen LogP contribution in [0.5, 0.6) is 0 Å². The molecule has 1 heterocycles. The zero-order chi connectivity index (χ0) is 15.4. The van der Waals surface area contributed by atoms with Gasteiger partial charge in [0.15, 0.2) is 0 Å². The first-order chi connectivity index (χ1) is 9.99. The van der Waals surface area contributed by atoms with Crippen molar-refractivity contribution in [1.29, 1.82) is 0 Å². The normalized spacial score (nSPS) is 10.1. The SMILES string of the molecule is Nc1ccccc1N(CC(=O)O)C(=O)c1ccc(Br)cn1. The smallest absolute Gasteiger partial charge is 0.323 e. The van der Waals surface area contributed by atoms with Gasteiger partial charge >= 0.3 is 5.97 Å². The van der Waals surface area contributed by atoms with Crippen LogP contribution >= 0.6 is 15.9 Å². The molecule has 0 aliphatic rings. The number of carbonyl (C=O) groups excluding carboxylic acids is 1. The van der Waals surface area contributed by atoms with Gasteiger partial charge in [-0.05, 0) is 40.2 Å². The van der Waals surface area contributed by atoms with E-state index < -0.39 is 18.4 Å². The molecule has 7 heteroatoms. The number of benzene rings is 1. The summed E-state index contributed by atoms with van der Waals surface area (Å²) in [6.07, 6.45) is 1.47. The highest BCUT2D eigenvalue weighted by Gasteiger charge is 2.22. The largest absolute Gasteiger partial charge is 0.480 e. The van der Waals surface area contributed by atoms with E-state index in [1.54, 1.807) is 30.3 Å². The number of hydrogen-bond donors (Lipinski definition) is 2.